The van der Waals surface area contributed by atoms with Gasteiger partial charge in [-0.3, -0.25) is 0 Å². The summed E-state index contributed by atoms with van der Waals surface area (Å²) in [5.74, 6) is -0.448. The fourth-order valence-electron chi connectivity index (χ4n) is 1.48. The molecular weight excluding hydrogens is 183 g/mol. The molecule has 1 aromatic rings. The van der Waals surface area contributed by atoms with E-state index in [1.54, 1.807) is 12.1 Å². The maximum absolute atomic E-state index is 13.0. The fourth-order valence-corrected chi connectivity index (χ4v) is 1.48. The molecule has 1 aromatic heterocycles. The molecule has 0 radical (unpaired) electrons. The van der Waals surface area contributed by atoms with Crippen LogP contribution in [0.2, 0.25) is 0 Å². The molecule has 2 N–H and O–H groups in total. The highest BCUT2D eigenvalue weighted by molar-refractivity contribution is 5.09. The summed E-state index contributed by atoms with van der Waals surface area (Å²) in [6, 6.07) is 3.65. The lowest BCUT2D eigenvalue weighted by molar-refractivity contribution is -0.0200. The summed E-state index contributed by atoms with van der Waals surface area (Å²) in [6.45, 7) is 0.289. The van der Waals surface area contributed by atoms with Crippen molar-refractivity contribution in [3.05, 3.63) is 29.8 Å². The van der Waals surface area contributed by atoms with Gasteiger partial charge in [-0.1, -0.05) is 6.07 Å². The molecule has 1 aliphatic carbocycles. The summed E-state index contributed by atoms with van der Waals surface area (Å²) in [6.07, 6.45) is 3.38. The van der Waals surface area contributed by atoms with E-state index in [9.17, 15) is 4.39 Å². The van der Waals surface area contributed by atoms with Crippen molar-refractivity contribution in [1.29, 1.82) is 0 Å². The summed E-state index contributed by atoms with van der Waals surface area (Å²) in [7, 11) is 0. The first-order valence-electron chi connectivity index (χ1n) is 4.72. The average Bonchev–Trinajstić information content (AvgIpc) is 2.13. The van der Waals surface area contributed by atoms with Crippen molar-refractivity contribution in [2.24, 2.45) is 5.73 Å². The third-order valence-corrected chi connectivity index (χ3v) is 2.44. The van der Waals surface area contributed by atoms with Crippen molar-refractivity contribution < 1.29 is 9.13 Å². The number of nitrogens with two attached hydrogens (primary N) is 1. The number of hydrogen-bond acceptors (Lipinski definition) is 3. The van der Waals surface area contributed by atoms with Crippen LogP contribution in [-0.4, -0.2) is 17.1 Å². The van der Waals surface area contributed by atoms with Crippen LogP contribution in [0.5, 0.6) is 0 Å². The lowest BCUT2D eigenvalue weighted by Crippen LogP contribution is -2.41. The molecule has 14 heavy (non-hydrogen) atoms. The number of nitrogens with zero attached hydrogens (tertiary/aromatic N) is 1. The van der Waals surface area contributed by atoms with Gasteiger partial charge in [0.25, 0.3) is 0 Å². The fraction of sp³-hybridized carbons (Fsp3) is 0.500. The van der Waals surface area contributed by atoms with Gasteiger partial charge in [-0.05, 0) is 18.9 Å². The predicted octanol–water partition coefficient (Wildman–Crippen LogP) is 1.23. The van der Waals surface area contributed by atoms with Gasteiger partial charge in [0.15, 0.2) is 0 Å². The van der Waals surface area contributed by atoms with Crippen LogP contribution >= 0.6 is 0 Å². The minimum absolute atomic E-state index is 0.199. The highest BCUT2D eigenvalue weighted by Crippen LogP contribution is 2.22. The first-order valence-corrected chi connectivity index (χ1v) is 4.72. The predicted molar refractivity (Wildman–Crippen MR) is 50.0 cm³/mol. The van der Waals surface area contributed by atoms with Crippen LogP contribution in [0, 0.1) is 5.95 Å². The van der Waals surface area contributed by atoms with Crippen LogP contribution in [0.25, 0.3) is 0 Å². The second-order valence-electron chi connectivity index (χ2n) is 3.62. The van der Waals surface area contributed by atoms with Gasteiger partial charge in [-0.2, -0.15) is 4.39 Å². The third kappa shape index (κ3) is 2.08. The Balaban J connectivity index is 1.83. The van der Waals surface area contributed by atoms with Crippen LogP contribution in [-0.2, 0) is 11.3 Å². The van der Waals surface area contributed by atoms with Crippen molar-refractivity contribution in [2.75, 3.05) is 0 Å². The maximum atomic E-state index is 13.0. The van der Waals surface area contributed by atoms with E-state index in [4.69, 9.17) is 10.5 Å². The molecule has 1 heterocycles. The molecule has 0 unspecified atom stereocenters. The molecule has 1 fully saturated rings. The van der Waals surface area contributed by atoms with E-state index in [-0.39, 0.29) is 18.8 Å². The second kappa shape index (κ2) is 4.02. The molecule has 0 bridgehead atoms. The Morgan fingerprint density at radius 1 is 1.57 bits per heavy atom. The van der Waals surface area contributed by atoms with Gasteiger partial charge in [0.05, 0.1) is 12.7 Å². The third-order valence-electron chi connectivity index (χ3n) is 2.44. The molecule has 4 heteroatoms. The standard InChI is InChI=1S/C10H13FN2O/c11-10-7(2-1-3-13-10)6-14-9-4-8(12)5-9/h1-3,8-9H,4-6,12H2. The van der Waals surface area contributed by atoms with Gasteiger partial charge in [-0.15, -0.1) is 0 Å². The molecule has 0 aromatic carbocycles. The summed E-state index contributed by atoms with van der Waals surface area (Å²) >= 11 is 0. The summed E-state index contributed by atoms with van der Waals surface area (Å²) in [4.78, 5) is 3.54. The van der Waals surface area contributed by atoms with Gasteiger partial charge >= 0.3 is 0 Å². The quantitative estimate of drug-likeness (QED) is 0.739. The van der Waals surface area contributed by atoms with E-state index < -0.39 is 5.95 Å². The largest absolute Gasteiger partial charge is 0.373 e. The van der Waals surface area contributed by atoms with Gasteiger partial charge in [-0.25, -0.2) is 4.98 Å². The molecule has 76 valence electrons. The molecule has 0 atom stereocenters. The van der Waals surface area contributed by atoms with Crippen molar-refractivity contribution in [2.45, 2.75) is 31.6 Å². The van der Waals surface area contributed by atoms with Crippen LogP contribution in [0.4, 0.5) is 4.39 Å². The molecule has 3 nitrogen and oxygen atoms in total. The number of aromatic nitrogens is 1. The number of rotatable bonds is 3. The van der Waals surface area contributed by atoms with Crippen molar-refractivity contribution in [3.63, 3.8) is 0 Å². The number of hydrogen-bond donors (Lipinski definition) is 1. The molecule has 0 aliphatic heterocycles. The molecule has 1 saturated carbocycles. The van der Waals surface area contributed by atoms with Gasteiger partial charge in [0, 0.05) is 17.8 Å². The van der Waals surface area contributed by atoms with Gasteiger partial charge in [0.1, 0.15) is 0 Å². The van der Waals surface area contributed by atoms with Gasteiger partial charge in [0.2, 0.25) is 5.95 Å². The Morgan fingerprint density at radius 3 is 3.00 bits per heavy atom. The topological polar surface area (TPSA) is 48.1 Å². The second-order valence-corrected chi connectivity index (χ2v) is 3.62. The van der Waals surface area contributed by atoms with E-state index in [0.717, 1.165) is 12.8 Å². The Kier molecular flexibility index (Phi) is 2.74. The van der Waals surface area contributed by atoms with Crippen LogP contribution in [0.1, 0.15) is 18.4 Å². The molecular formula is C10H13FN2O. The van der Waals surface area contributed by atoms with E-state index in [2.05, 4.69) is 4.98 Å². The zero-order valence-corrected chi connectivity index (χ0v) is 7.82. The first-order chi connectivity index (χ1) is 6.75. The van der Waals surface area contributed by atoms with E-state index >= 15 is 0 Å². The summed E-state index contributed by atoms with van der Waals surface area (Å²) < 4.78 is 18.5. The molecule has 1 aliphatic rings. The average molecular weight is 196 g/mol. The number of halogens is 1. The monoisotopic (exact) mass is 196 g/mol. The SMILES string of the molecule is NC1CC(OCc2cccnc2F)C1. The normalized spacial score (nSPS) is 25.9. The Hall–Kier alpha value is -1.00. The van der Waals surface area contributed by atoms with Crippen LogP contribution in [0.15, 0.2) is 18.3 Å². The lowest BCUT2D eigenvalue weighted by atomic mass is 9.90. The highest BCUT2D eigenvalue weighted by Gasteiger charge is 2.26. The molecule has 2 rings (SSSR count). The number of ether oxygens (including phenoxy) is 1. The lowest BCUT2D eigenvalue weighted by Gasteiger charge is -2.32. The van der Waals surface area contributed by atoms with Gasteiger partial charge < -0.3 is 10.5 Å². The number of pyridine rings is 1. The Bertz CT molecular complexity index is 313. The van der Waals surface area contributed by atoms with Crippen molar-refractivity contribution >= 4 is 0 Å². The van der Waals surface area contributed by atoms with Crippen LogP contribution < -0.4 is 5.73 Å². The van der Waals surface area contributed by atoms with Crippen molar-refractivity contribution in [3.8, 4) is 0 Å². The molecule has 0 amide bonds. The van der Waals surface area contributed by atoms with Crippen molar-refractivity contribution in [1.82, 2.24) is 4.98 Å². The smallest absolute Gasteiger partial charge is 0.218 e. The molecule has 0 spiro atoms. The Labute approximate surface area is 82.1 Å². The van der Waals surface area contributed by atoms with Crippen LogP contribution in [0.3, 0.4) is 0 Å². The summed E-state index contributed by atoms with van der Waals surface area (Å²) in [5, 5.41) is 0. The van der Waals surface area contributed by atoms with E-state index in [1.165, 1.54) is 6.20 Å². The zero-order valence-electron chi connectivity index (χ0n) is 7.82. The van der Waals surface area contributed by atoms with E-state index in [1.807, 2.05) is 0 Å². The minimum Gasteiger partial charge on any atom is -0.373 e. The summed E-state index contributed by atoms with van der Waals surface area (Å²) in [5.41, 5.74) is 6.11. The molecule has 0 saturated heterocycles. The Morgan fingerprint density at radius 2 is 2.36 bits per heavy atom. The first kappa shape index (κ1) is 9.55. The highest BCUT2D eigenvalue weighted by atomic mass is 19.1. The minimum atomic E-state index is -0.448. The maximum Gasteiger partial charge on any atom is 0.218 e. The van der Waals surface area contributed by atoms with E-state index in [0.29, 0.717) is 5.56 Å². The zero-order chi connectivity index (χ0) is 9.97.